The molecule has 5 rings (SSSR count). The molecule has 1 spiro atoms. The van der Waals surface area contributed by atoms with E-state index in [0.717, 1.165) is 37.2 Å². The first kappa shape index (κ1) is 20.1. The molecule has 0 bridgehead atoms. The van der Waals surface area contributed by atoms with E-state index in [1.165, 1.54) is 16.0 Å². The molecule has 1 aliphatic carbocycles. The minimum Gasteiger partial charge on any atom is -0.497 e. The van der Waals surface area contributed by atoms with Crippen LogP contribution in [0.3, 0.4) is 0 Å². The highest BCUT2D eigenvalue weighted by Crippen LogP contribution is 2.38. The number of fused-ring (bicyclic) bond motifs is 1. The zero-order valence-electron chi connectivity index (χ0n) is 18.2. The molecule has 162 valence electrons. The summed E-state index contributed by atoms with van der Waals surface area (Å²) in [6, 6.07) is 16.5. The summed E-state index contributed by atoms with van der Waals surface area (Å²) in [5.74, 6) is 0.711. The van der Waals surface area contributed by atoms with Gasteiger partial charge in [0.05, 0.1) is 13.7 Å². The van der Waals surface area contributed by atoms with Crippen molar-refractivity contribution in [2.75, 3.05) is 27.2 Å². The minimum atomic E-state index is -0.703. The number of imide groups is 1. The van der Waals surface area contributed by atoms with E-state index in [2.05, 4.69) is 29.2 Å². The van der Waals surface area contributed by atoms with Crippen LogP contribution < -0.4 is 4.74 Å². The van der Waals surface area contributed by atoms with Gasteiger partial charge in [0.2, 0.25) is 0 Å². The Morgan fingerprint density at radius 1 is 0.968 bits per heavy atom. The molecular weight excluding hydrogens is 390 g/mol. The molecule has 2 aromatic carbocycles. The van der Waals surface area contributed by atoms with E-state index >= 15 is 0 Å². The summed E-state index contributed by atoms with van der Waals surface area (Å²) in [5, 5.41) is 0. The molecule has 0 N–H and O–H groups in total. The average molecular weight is 420 g/mol. The van der Waals surface area contributed by atoms with Crippen LogP contribution in [0.4, 0.5) is 4.79 Å². The molecule has 2 fully saturated rings. The fourth-order valence-corrected chi connectivity index (χ4v) is 5.50. The standard InChI is InChI=1S/C25H29N3O3/c1-26-24(30)28(17-18-7-9-22(31-2)10-8-18)23(29)25(26)11-13-27(14-12-25)21-15-19-5-3-4-6-20(19)16-21/h3-10,21H,11-17H2,1-2H3. The highest BCUT2D eigenvalue weighted by Gasteiger charge is 2.56. The monoisotopic (exact) mass is 419 g/mol. The van der Waals surface area contributed by atoms with Crippen LogP contribution >= 0.6 is 0 Å². The predicted molar refractivity (Wildman–Crippen MR) is 118 cm³/mol. The SMILES string of the molecule is COc1ccc(CN2C(=O)N(C)C3(CCN(C4Cc5ccccc5C4)CC3)C2=O)cc1. The van der Waals surface area contributed by atoms with E-state index in [1.54, 1.807) is 19.1 Å². The van der Waals surface area contributed by atoms with E-state index in [-0.39, 0.29) is 11.9 Å². The molecular formula is C25H29N3O3. The number of carbonyl (C=O) groups is 2. The van der Waals surface area contributed by atoms with E-state index in [9.17, 15) is 9.59 Å². The lowest BCUT2D eigenvalue weighted by Gasteiger charge is -2.43. The number of hydrogen-bond donors (Lipinski definition) is 0. The first-order chi connectivity index (χ1) is 15.0. The van der Waals surface area contributed by atoms with Crippen LogP contribution in [0.2, 0.25) is 0 Å². The van der Waals surface area contributed by atoms with Gasteiger partial charge >= 0.3 is 6.03 Å². The van der Waals surface area contributed by atoms with Crippen LogP contribution in [0.15, 0.2) is 48.5 Å². The normalized spacial score (nSPS) is 21.2. The van der Waals surface area contributed by atoms with Gasteiger partial charge in [0, 0.05) is 26.2 Å². The number of ether oxygens (including phenoxy) is 1. The van der Waals surface area contributed by atoms with Crippen LogP contribution in [-0.4, -0.2) is 65.5 Å². The summed E-state index contributed by atoms with van der Waals surface area (Å²) in [5.41, 5.74) is 3.12. The number of amides is 3. The van der Waals surface area contributed by atoms with E-state index in [0.29, 0.717) is 25.4 Å². The first-order valence-corrected chi connectivity index (χ1v) is 11.1. The number of hydrogen-bond acceptors (Lipinski definition) is 4. The Morgan fingerprint density at radius 2 is 1.58 bits per heavy atom. The van der Waals surface area contributed by atoms with E-state index < -0.39 is 5.54 Å². The van der Waals surface area contributed by atoms with Crippen molar-refractivity contribution in [2.45, 2.75) is 43.8 Å². The minimum absolute atomic E-state index is 0.0508. The maximum absolute atomic E-state index is 13.5. The third-order valence-electron chi connectivity index (χ3n) is 7.47. The largest absolute Gasteiger partial charge is 0.497 e. The van der Waals surface area contributed by atoms with Gasteiger partial charge in [0.15, 0.2) is 0 Å². The molecule has 31 heavy (non-hydrogen) atoms. The van der Waals surface area contributed by atoms with Crippen LogP contribution in [0.5, 0.6) is 5.75 Å². The van der Waals surface area contributed by atoms with Gasteiger partial charge < -0.3 is 9.64 Å². The Balaban J connectivity index is 1.27. The number of piperidine rings is 1. The van der Waals surface area contributed by atoms with Gasteiger partial charge in [-0.1, -0.05) is 36.4 Å². The molecule has 2 aliphatic heterocycles. The maximum atomic E-state index is 13.5. The fourth-order valence-electron chi connectivity index (χ4n) is 5.50. The molecule has 2 heterocycles. The first-order valence-electron chi connectivity index (χ1n) is 11.1. The number of methoxy groups -OCH3 is 1. The zero-order chi connectivity index (χ0) is 21.6. The summed E-state index contributed by atoms with van der Waals surface area (Å²) >= 11 is 0. The van der Waals surface area contributed by atoms with Gasteiger partial charge in [0.1, 0.15) is 11.3 Å². The van der Waals surface area contributed by atoms with Crippen LogP contribution in [0.1, 0.15) is 29.5 Å². The predicted octanol–water partition coefficient (Wildman–Crippen LogP) is 3.09. The Labute approximate surface area is 183 Å². The summed E-state index contributed by atoms with van der Waals surface area (Å²) in [6.45, 7) is 1.99. The second kappa shape index (κ2) is 7.68. The quantitative estimate of drug-likeness (QED) is 0.715. The van der Waals surface area contributed by atoms with Crippen molar-refractivity contribution < 1.29 is 14.3 Å². The zero-order valence-corrected chi connectivity index (χ0v) is 18.2. The summed E-state index contributed by atoms with van der Waals surface area (Å²) < 4.78 is 5.20. The Hall–Kier alpha value is -2.86. The molecule has 6 heteroatoms. The Morgan fingerprint density at radius 3 is 2.16 bits per heavy atom. The van der Waals surface area contributed by atoms with Gasteiger partial charge in [-0.05, 0) is 54.5 Å². The molecule has 0 aromatic heterocycles. The van der Waals surface area contributed by atoms with Crippen molar-refractivity contribution in [1.29, 1.82) is 0 Å². The number of likely N-dealkylation sites (tertiary alicyclic amines) is 1. The second-order valence-electron chi connectivity index (χ2n) is 8.98. The van der Waals surface area contributed by atoms with Crippen molar-refractivity contribution in [3.05, 3.63) is 65.2 Å². The maximum Gasteiger partial charge on any atom is 0.327 e. The Kier molecular flexibility index (Phi) is 4.97. The highest BCUT2D eigenvalue weighted by atomic mass is 16.5. The van der Waals surface area contributed by atoms with Crippen LogP contribution in [0.25, 0.3) is 0 Å². The third-order valence-corrected chi connectivity index (χ3v) is 7.47. The number of likely N-dealkylation sites (N-methyl/N-ethyl adjacent to an activating group) is 1. The van der Waals surface area contributed by atoms with Gasteiger partial charge in [0.25, 0.3) is 5.91 Å². The molecule has 3 aliphatic rings. The van der Waals surface area contributed by atoms with Gasteiger partial charge in [-0.3, -0.25) is 14.6 Å². The molecule has 3 amide bonds. The fraction of sp³-hybridized carbons (Fsp3) is 0.440. The number of rotatable bonds is 4. The van der Waals surface area contributed by atoms with Crippen LogP contribution in [0, 0.1) is 0 Å². The molecule has 0 atom stereocenters. The molecule has 0 radical (unpaired) electrons. The summed E-state index contributed by atoms with van der Waals surface area (Å²) in [6.07, 6.45) is 3.55. The number of carbonyl (C=O) groups excluding carboxylic acids is 2. The van der Waals surface area contributed by atoms with Crippen molar-refractivity contribution in [2.24, 2.45) is 0 Å². The van der Waals surface area contributed by atoms with Crippen molar-refractivity contribution in [3.63, 3.8) is 0 Å². The van der Waals surface area contributed by atoms with E-state index in [1.807, 2.05) is 24.3 Å². The average Bonchev–Trinajstić information content (AvgIpc) is 3.31. The number of urea groups is 1. The molecule has 6 nitrogen and oxygen atoms in total. The highest BCUT2D eigenvalue weighted by molar-refractivity contribution is 6.06. The molecule has 2 aromatic rings. The van der Waals surface area contributed by atoms with Crippen molar-refractivity contribution >= 4 is 11.9 Å². The third kappa shape index (κ3) is 3.30. The molecule has 0 unspecified atom stereocenters. The lowest BCUT2D eigenvalue weighted by atomic mass is 9.85. The topological polar surface area (TPSA) is 53.1 Å². The van der Waals surface area contributed by atoms with Gasteiger partial charge in [-0.25, -0.2) is 4.79 Å². The Bertz CT molecular complexity index is 970. The number of nitrogens with zero attached hydrogens (tertiary/aromatic N) is 3. The van der Waals surface area contributed by atoms with E-state index in [4.69, 9.17) is 4.74 Å². The molecule has 0 saturated carbocycles. The molecule has 2 saturated heterocycles. The summed E-state index contributed by atoms with van der Waals surface area (Å²) in [4.78, 5) is 32.1. The van der Waals surface area contributed by atoms with Gasteiger partial charge in [-0.2, -0.15) is 0 Å². The lowest BCUT2D eigenvalue weighted by Crippen LogP contribution is -2.57. The number of benzene rings is 2. The smallest absolute Gasteiger partial charge is 0.327 e. The second-order valence-corrected chi connectivity index (χ2v) is 8.98. The van der Waals surface area contributed by atoms with Gasteiger partial charge in [-0.15, -0.1) is 0 Å². The summed E-state index contributed by atoms with van der Waals surface area (Å²) in [7, 11) is 3.41. The lowest BCUT2D eigenvalue weighted by molar-refractivity contribution is -0.135. The van der Waals surface area contributed by atoms with Crippen LogP contribution in [-0.2, 0) is 24.2 Å². The van der Waals surface area contributed by atoms with Crippen molar-refractivity contribution in [3.8, 4) is 5.75 Å². The van der Waals surface area contributed by atoms with Crippen molar-refractivity contribution in [1.82, 2.24) is 14.7 Å².